The highest BCUT2D eigenvalue weighted by molar-refractivity contribution is 5.96. The lowest BCUT2D eigenvalue weighted by molar-refractivity contribution is 0.101. The molecular formula is C18H19FN2O4. The van der Waals surface area contributed by atoms with Crippen molar-refractivity contribution in [3.63, 3.8) is 0 Å². The van der Waals surface area contributed by atoms with Gasteiger partial charge in [0.25, 0.3) is 0 Å². The number of Topliss-reactive ketones (excluding diaryl/α,β-unsaturated/α-hetero) is 1. The van der Waals surface area contributed by atoms with Gasteiger partial charge in [-0.2, -0.15) is 0 Å². The Bertz CT molecular complexity index is 734. The van der Waals surface area contributed by atoms with E-state index in [9.17, 15) is 19.1 Å². The van der Waals surface area contributed by atoms with Crippen molar-refractivity contribution in [1.82, 2.24) is 5.32 Å². The average molecular weight is 346 g/mol. The van der Waals surface area contributed by atoms with E-state index in [0.717, 1.165) is 0 Å². The zero-order chi connectivity index (χ0) is 18.2. The first kappa shape index (κ1) is 18.4. The van der Waals surface area contributed by atoms with Crippen LogP contribution in [0.3, 0.4) is 0 Å². The monoisotopic (exact) mass is 346 g/mol. The van der Waals surface area contributed by atoms with Crippen LogP contribution in [0.15, 0.2) is 48.5 Å². The summed E-state index contributed by atoms with van der Waals surface area (Å²) in [5.74, 6) is -0.0524. The predicted octanol–water partition coefficient (Wildman–Crippen LogP) is 2.59. The van der Waals surface area contributed by atoms with Crippen LogP contribution in [-0.4, -0.2) is 36.2 Å². The van der Waals surface area contributed by atoms with Crippen molar-refractivity contribution in [2.45, 2.75) is 13.0 Å². The van der Waals surface area contributed by atoms with Crippen LogP contribution in [0.2, 0.25) is 0 Å². The molecule has 0 saturated heterocycles. The molecular weight excluding hydrogens is 327 g/mol. The molecule has 25 heavy (non-hydrogen) atoms. The number of anilines is 1. The van der Waals surface area contributed by atoms with Gasteiger partial charge in [-0.25, -0.2) is 9.18 Å². The number of carbonyl (C=O) groups excluding carboxylic acids is 2. The summed E-state index contributed by atoms with van der Waals surface area (Å²) in [5, 5.41) is 14.9. The Morgan fingerprint density at radius 3 is 2.60 bits per heavy atom. The Morgan fingerprint density at radius 2 is 1.92 bits per heavy atom. The third-order valence-electron chi connectivity index (χ3n) is 3.28. The summed E-state index contributed by atoms with van der Waals surface area (Å²) in [7, 11) is 0. The molecule has 0 unspecified atom stereocenters. The summed E-state index contributed by atoms with van der Waals surface area (Å²) in [4.78, 5) is 23.1. The standard InChI is InChI=1S/C18H19FN2O4/c1-12(22)13-3-2-4-15(9-13)21-18(24)20-10-16(23)11-25-17-7-5-14(19)6-8-17/h2-9,16,23H,10-11H2,1H3,(H2,20,21,24)/t16-/m1/s1. The van der Waals surface area contributed by atoms with E-state index in [-0.39, 0.29) is 24.8 Å². The molecule has 7 heteroatoms. The van der Waals surface area contributed by atoms with Gasteiger partial charge in [0.2, 0.25) is 0 Å². The maximum Gasteiger partial charge on any atom is 0.319 e. The zero-order valence-corrected chi connectivity index (χ0v) is 13.7. The summed E-state index contributed by atoms with van der Waals surface area (Å²) in [6, 6.07) is 11.4. The molecule has 2 amide bonds. The van der Waals surface area contributed by atoms with Crippen LogP contribution in [0.4, 0.5) is 14.9 Å². The summed E-state index contributed by atoms with van der Waals surface area (Å²) in [6.45, 7) is 1.36. The van der Waals surface area contributed by atoms with E-state index in [1.54, 1.807) is 24.3 Å². The fourth-order valence-corrected chi connectivity index (χ4v) is 1.98. The van der Waals surface area contributed by atoms with Gasteiger partial charge >= 0.3 is 6.03 Å². The van der Waals surface area contributed by atoms with Crippen molar-refractivity contribution in [3.8, 4) is 5.75 Å². The molecule has 2 aromatic rings. The number of hydrogen-bond donors (Lipinski definition) is 3. The molecule has 1 atom stereocenters. The lowest BCUT2D eigenvalue weighted by atomic mass is 10.1. The lowest BCUT2D eigenvalue weighted by Crippen LogP contribution is -2.37. The molecule has 0 saturated carbocycles. The van der Waals surface area contributed by atoms with E-state index in [2.05, 4.69) is 10.6 Å². The van der Waals surface area contributed by atoms with E-state index in [1.807, 2.05) is 0 Å². The Hall–Kier alpha value is -2.93. The number of benzene rings is 2. The first-order chi connectivity index (χ1) is 11.9. The van der Waals surface area contributed by atoms with Gasteiger partial charge in [-0.05, 0) is 43.3 Å². The van der Waals surface area contributed by atoms with Crippen molar-refractivity contribution in [2.75, 3.05) is 18.5 Å². The lowest BCUT2D eigenvalue weighted by Gasteiger charge is -2.14. The minimum absolute atomic E-state index is 0.0283. The van der Waals surface area contributed by atoms with E-state index in [1.165, 1.54) is 31.2 Å². The molecule has 0 aromatic heterocycles. The third-order valence-corrected chi connectivity index (χ3v) is 3.28. The molecule has 6 nitrogen and oxygen atoms in total. The van der Waals surface area contributed by atoms with Gasteiger partial charge in [0.05, 0.1) is 0 Å². The molecule has 3 N–H and O–H groups in total. The normalized spacial score (nSPS) is 11.5. The van der Waals surface area contributed by atoms with Gasteiger partial charge in [0.1, 0.15) is 24.3 Å². The topological polar surface area (TPSA) is 87.7 Å². The van der Waals surface area contributed by atoms with Crippen LogP contribution >= 0.6 is 0 Å². The highest BCUT2D eigenvalue weighted by atomic mass is 19.1. The number of amides is 2. The fourth-order valence-electron chi connectivity index (χ4n) is 1.98. The van der Waals surface area contributed by atoms with Crippen molar-refractivity contribution in [3.05, 3.63) is 59.9 Å². The molecule has 0 radical (unpaired) electrons. The van der Waals surface area contributed by atoms with Crippen molar-refractivity contribution >= 4 is 17.5 Å². The van der Waals surface area contributed by atoms with Gasteiger partial charge in [0, 0.05) is 17.8 Å². The number of rotatable bonds is 7. The molecule has 2 rings (SSSR count). The molecule has 132 valence electrons. The second-order valence-electron chi connectivity index (χ2n) is 5.39. The highest BCUT2D eigenvalue weighted by Crippen LogP contribution is 2.12. The second-order valence-corrected chi connectivity index (χ2v) is 5.39. The first-order valence-electron chi connectivity index (χ1n) is 7.66. The first-order valence-corrected chi connectivity index (χ1v) is 7.66. The molecule has 0 spiro atoms. The number of hydrogen-bond acceptors (Lipinski definition) is 4. The van der Waals surface area contributed by atoms with Gasteiger partial charge in [-0.3, -0.25) is 4.79 Å². The third kappa shape index (κ3) is 6.23. The minimum atomic E-state index is -0.931. The van der Waals surface area contributed by atoms with Crippen molar-refractivity contribution < 1.29 is 23.8 Å². The summed E-state index contributed by atoms with van der Waals surface area (Å²) >= 11 is 0. The number of aliphatic hydroxyl groups excluding tert-OH is 1. The van der Waals surface area contributed by atoms with Crippen LogP contribution in [-0.2, 0) is 0 Å². The Kier molecular flexibility index (Phi) is 6.47. The minimum Gasteiger partial charge on any atom is -0.491 e. The average Bonchev–Trinajstić information content (AvgIpc) is 2.59. The van der Waals surface area contributed by atoms with E-state index < -0.39 is 12.1 Å². The van der Waals surface area contributed by atoms with E-state index >= 15 is 0 Å². The Morgan fingerprint density at radius 1 is 1.20 bits per heavy atom. The maximum absolute atomic E-state index is 12.8. The largest absolute Gasteiger partial charge is 0.491 e. The Labute approximate surface area is 144 Å². The molecule has 0 bridgehead atoms. The van der Waals surface area contributed by atoms with Gasteiger partial charge < -0.3 is 20.5 Å². The number of carbonyl (C=O) groups is 2. The number of ether oxygens (including phenoxy) is 1. The van der Waals surface area contributed by atoms with Crippen molar-refractivity contribution in [1.29, 1.82) is 0 Å². The quantitative estimate of drug-likeness (QED) is 0.673. The SMILES string of the molecule is CC(=O)c1cccc(NC(=O)NC[C@@H](O)COc2ccc(F)cc2)c1. The van der Waals surface area contributed by atoms with E-state index in [4.69, 9.17) is 4.74 Å². The van der Waals surface area contributed by atoms with Gasteiger partial charge in [0.15, 0.2) is 5.78 Å². The van der Waals surface area contributed by atoms with Crippen LogP contribution in [0.5, 0.6) is 5.75 Å². The maximum atomic E-state index is 12.8. The smallest absolute Gasteiger partial charge is 0.319 e. The van der Waals surface area contributed by atoms with E-state index in [0.29, 0.717) is 17.0 Å². The molecule has 0 aliphatic heterocycles. The molecule has 2 aromatic carbocycles. The van der Waals surface area contributed by atoms with Crippen molar-refractivity contribution in [2.24, 2.45) is 0 Å². The molecule has 0 aliphatic carbocycles. The number of ketones is 1. The van der Waals surface area contributed by atoms with Gasteiger partial charge in [-0.15, -0.1) is 0 Å². The number of urea groups is 1. The van der Waals surface area contributed by atoms with Crippen LogP contribution in [0, 0.1) is 5.82 Å². The van der Waals surface area contributed by atoms with Gasteiger partial charge in [-0.1, -0.05) is 12.1 Å². The molecule has 0 aliphatic rings. The van der Waals surface area contributed by atoms with Crippen LogP contribution in [0.25, 0.3) is 0 Å². The summed E-state index contributed by atoms with van der Waals surface area (Å²) < 4.78 is 18.1. The predicted molar refractivity (Wildman–Crippen MR) is 91.4 cm³/mol. The molecule has 0 fully saturated rings. The molecule has 0 heterocycles. The zero-order valence-electron chi connectivity index (χ0n) is 13.7. The van der Waals surface area contributed by atoms with Crippen LogP contribution < -0.4 is 15.4 Å². The fraction of sp³-hybridized carbons (Fsp3) is 0.222. The number of aliphatic hydroxyl groups is 1. The highest BCUT2D eigenvalue weighted by Gasteiger charge is 2.09. The summed E-state index contributed by atoms with van der Waals surface area (Å²) in [6.07, 6.45) is -0.931. The van der Waals surface area contributed by atoms with Crippen LogP contribution in [0.1, 0.15) is 17.3 Å². The second kappa shape index (κ2) is 8.79. The number of halogens is 1. The Balaban J connectivity index is 1.74. The summed E-state index contributed by atoms with van der Waals surface area (Å²) in [5.41, 5.74) is 0.966. The number of nitrogens with one attached hydrogen (secondary N) is 2.